The number of aliphatic carboxylic acids is 1. The van der Waals surface area contributed by atoms with Crippen molar-refractivity contribution in [3.8, 4) is 0 Å². The molecule has 1 aromatic rings. The molecular weight excluding hydrogens is 266 g/mol. The van der Waals surface area contributed by atoms with Crippen LogP contribution in [0.2, 0.25) is 0 Å². The highest BCUT2D eigenvalue weighted by Crippen LogP contribution is 2.23. The van der Waals surface area contributed by atoms with Crippen LogP contribution in [0, 0.1) is 11.8 Å². The van der Waals surface area contributed by atoms with Gasteiger partial charge in [-0.3, -0.25) is 9.59 Å². The van der Waals surface area contributed by atoms with Gasteiger partial charge in [0.1, 0.15) is 0 Å². The minimum atomic E-state index is -0.804. The molecule has 0 radical (unpaired) electrons. The van der Waals surface area contributed by atoms with Crippen LogP contribution in [0.3, 0.4) is 0 Å². The number of hydrogen-bond acceptors (Lipinski definition) is 2. The maximum atomic E-state index is 12.1. The number of carbonyl (C=O) groups is 2. The average molecular weight is 287 g/mol. The maximum absolute atomic E-state index is 12.1. The summed E-state index contributed by atoms with van der Waals surface area (Å²) < 4.78 is 0. The number of carbonyl (C=O) groups excluding carboxylic acids is 1. The maximum Gasteiger partial charge on any atom is 0.308 e. The molecule has 0 bridgehead atoms. The SMILES string of the molecule is C[C@@H]1CN(C(=O)CC/C=C/c2ccccc2)C[C@H]1C(=O)O. The van der Waals surface area contributed by atoms with Crippen LogP contribution in [-0.2, 0) is 9.59 Å². The van der Waals surface area contributed by atoms with Gasteiger partial charge in [-0.2, -0.15) is 0 Å². The number of rotatable bonds is 5. The minimum absolute atomic E-state index is 0.0336. The molecule has 2 rings (SSSR count). The van der Waals surface area contributed by atoms with E-state index >= 15 is 0 Å². The Labute approximate surface area is 125 Å². The number of nitrogens with zero attached hydrogens (tertiary/aromatic N) is 1. The van der Waals surface area contributed by atoms with Crippen LogP contribution in [0.1, 0.15) is 25.3 Å². The van der Waals surface area contributed by atoms with Crippen LogP contribution in [0.5, 0.6) is 0 Å². The first-order valence-electron chi connectivity index (χ1n) is 7.30. The molecule has 0 aliphatic carbocycles. The van der Waals surface area contributed by atoms with E-state index in [1.807, 2.05) is 49.4 Å². The molecule has 0 spiro atoms. The molecule has 1 saturated heterocycles. The number of amides is 1. The second kappa shape index (κ2) is 7.07. The van der Waals surface area contributed by atoms with Crippen molar-refractivity contribution in [1.29, 1.82) is 0 Å². The van der Waals surface area contributed by atoms with E-state index in [1.165, 1.54) is 0 Å². The van der Waals surface area contributed by atoms with Gasteiger partial charge in [-0.25, -0.2) is 0 Å². The van der Waals surface area contributed by atoms with E-state index < -0.39 is 11.9 Å². The van der Waals surface area contributed by atoms with E-state index in [2.05, 4.69) is 0 Å². The third-order valence-corrected chi connectivity index (χ3v) is 3.92. The molecule has 0 saturated carbocycles. The molecule has 1 N–H and O–H groups in total. The van der Waals surface area contributed by atoms with Gasteiger partial charge in [0.2, 0.25) is 5.91 Å². The molecule has 1 fully saturated rings. The zero-order valence-corrected chi connectivity index (χ0v) is 12.2. The lowest BCUT2D eigenvalue weighted by atomic mass is 9.99. The quantitative estimate of drug-likeness (QED) is 0.905. The molecule has 112 valence electrons. The summed E-state index contributed by atoms with van der Waals surface area (Å²) in [6, 6.07) is 9.94. The van der Waals surface area contributed by atoms with Crippen LogP contribution in [-0.4, -0.2) is 35.0 Å². The van der Waals surface area contributed by atoms with Gasteiger partial charge in [0, 0.05) is 19.5 Å². The summed E-state index contributed by atoms with van der Waals surface area (Å²) in [7, 11) is 0. The lowest BCUT2D eigenvalue weighted by Gasteiger charge is -2.15. The summed E-state index contributed by atoms with van der Waals surface area (Å²) in [6.45, 7) is 2.79. The second-order valence-electron chi connectivity index (χ2n) is 5.57. The van der Waals surface area contributed by atoms with Gasteiger partial charge in [-0.1, -0.05) is 49.4 Å². The van der Waals surface area contributed by atoms with Gasteiger partial charge in [0.25, 0.3) is 0 Å². The number of carboxylic acids is 1. The number of benzene rings is 1. The van der Waals surface area contributed by atoms with E-state index in [9.17, 15) is 9.59 Å². The molecule has 4 nitrogen and oxygen atoms in total. The van der Waals surface area contributed by atoms with E-state index in [1.54, 1.807) is 4.90 Å². The summed E-state index contributed by atoms with van der Waals surface area (Å²) in [4.78, 5) is 24.8. The van der Waals surface area contributed by atoms with Crippen LogP contribution in [0.4, 0.5) is 0 Å². The van der Waals surface area contributed by atoms with Crippen molar-refractivity contribution >= 4 is 18.0 Å². The number of likely N-dealkylation sites (tertiary alicyclic amines) is 1. The zero-order chi connectivity index (χ0) is 15.2. The Morgan fingerprint density at radius 3 is 2.62 bits per heavy atom. The zero-order valence-electron chi connectivity index (χ0n) is 12.2. The van der Waals surface area contributed by atoms with Gasteiger partial charge in [0.15, 0.2) is 0 Å². The molecular formula is C17H21NO3. The molecule has 4 heteroatoms. The minimum Gasteiger partial charge on any atom is -0.481 e. The van der Waals surface area contributed by atoms with Gasteiger partial charge < -0.3 is 10.0 Å². The first kappa shape index (κ1) is 15.3. The number of allylic oxidation sites excluding steroid dienone is 1. The molecule has 1 amide bonds. The standard InChI is InChI=1S/C17H21NO3/c1-13-11-18(12-15(13)17(20)21)16(19)10-6-5-9-14-7-3-2-4-8-14/h2-5,7-9,13,15H,6,10-12H2,1H3,(H,20,21)/b9-5+/t13-,15-/m1/s1. The molecule has 1 aromatic carbocycles. The molecule has 0 unspecified atom stereocenters. The monoisotopic (exact) mass is 287 g/mol. The van der Waals surface area contributed by atoms with E-state index in [-0.39, 0.29) is 11.8 Å². The topological polar surface area (TPSA) is 57.6 Å². The van der Waals surface area contributed by atoms with Crippen molar-refractivity contribution in [3.05, 3.63) is 42.0 Å². The third-order valence-electron chi connectivity index (χ3n) is 3.92. The average Bonchev–Trinajstić information content (AvgIpc) is 2.87. The summed E-state index contributed by atoms with van der Waals surface area (Å²) in [6.07, 6.45) is 5.10. The second-order valence-corrected chi connectivity index (χ2v) is 5.57. The van der Waals surface area contributed by atoms with Crippen LogP contribution in [0.15, 0.2) is 36.4 Å². The van der Waals surface area contributed by atoms with Crippen molar-refractivity contribution in [3.63, 3.8) is 0 Å². The Bertz CT molecular complexity index is 524. The normalized spacial score (nSPS) is 21.9. The van der Waals surface area contributed by atoms with E-state index in [0.29, 0.717) is 25.9 Å². The summed E-state index contributed by atoms with van der Waals surface area (Å²) in [5.41, 5.74) is 1.12. The molecule has 1 aliphatic heterocycles. The first-order valence-corrected chi connectivity index (χ1v) is 7.30. The number of carboxylic acid groups (broad SMARTS) is 1. The van der Waals surface area contributed by atoms with Crippen LogP contribution < -0.4 is 0 Å². The third kappa shape index (κ3) is 4.18. The fourth-order valence-corrected chi connectivity index (χ4v) is 2.64. The Morgan fingerprint density at radius 1 is 1.29 bits per heavy atom. The molecule has 1 heterocycles. The predicted octanol–water partition coefficient (Wildman–Crippen LogP) is 2.66. The highest BCUT2D eigenvalue weighted by Gasteiger charge is 2.36. The Hall–Kier alpha value is -2.10. The van der Waals surface area contributed by atoms with Crippen molar-refractivity contribution in [2.24, 2.45) is 11.8 Å². The summed E-state index contributed by atoms with van der Waals surface area (Å²) in [5, 5.41) is 9.07. The van der Waals surface area contributed by atoms with E-state index in [0.717, 1.165) is 5.56 Å². The van der Waals surface area contributed by atoms with Crippen LogP contribution in [0.25, 0.3) is 6.08 Å². The summed E-state index contributed by atoms with van der Waals surface area (Å²) >= 11 is 0. The predicted molar refractivity (Wildman–Crippen MR) is 81.6 cm³/mol. The fourth-order valence-electron chi connectivity index (χ4n) is 2.64. The first-order chi connectivity index (χ1) is 10.1. The number of hydrogen-bond donors (Lipinski definition) is 1. The smallest absolute Gasteiger partial charge is 0.308 e. The van der Waals surface area contributed by atoms with Crippen LogP contribution >= 0.6 is 0 Å². The molecule has 2 atom stereocenters. The highest BCUT2D eigenvalue weighted by molar-refractivity contribution is 5.79. The highest BCUT2D eigenvalue weighted by atomic mass is 16.4. The fraction of sp³-hybridized carbons (Fsp3) is 0.412. The van der Waals surface area contributed by atoms with Gasteiger partial charge in [-0.05, 0) is 17.9 Å². The lowest BCUT2D eigenvalue weighted by molar-refractivity contribution is -0.142. The Balaban J connectivity index is 1.78. The molecule has 1 aliphatic rings. The van der Waals surface area contributed by atoms with Crippen molar-refractivity contribution in [2.45, 2.75) is 19.8 Å². The summed E-state index contributed by atoms with van der Waals surface area (Å²) in [5.74, 6) is -1.15. The molecule has 0 aromatic heterocycles. The Kier molecular flexibility index (Phi) is 5.14. The largest absolute Gasteiger partial charge is 0.481 e. The van der Waals surface area contributed by atoms with Gasteiger partial charge in [-0.15, -0.1) is 0 Å². The van der Waals surface area contributed by atoms with Crippen molar-refractivity contribution in [1.82, 2.24) is 4.90 Å². The van der Waals surface area contributed by atoms with Gasteiger partial charge >= 0.3 is 5.97 Å². The Morgan fingerprint density at radius 2 is 2.00 bits per heavy atom. The van der Waals surface area contributed by atoms with Crippen molar-refractivity contribution < 1.29 is 14.7 Å². The van der Waals surface area contributed by atoms with Crippen molar-refractivity contribution in [2.75, 3.05) is 13.1 Å². The molecule has 21 heavy (non-hydrogen) atoms. The van der Waals surface area contributed by atoms with Gasteiger partial charge in [0.05, 0.1) is 5.92 Å². The van der Waals surface area contributed by atoms with E-state index in [4.69, 9.17) is 5.11 Å². The lowest BCUT2D eigenvalue weighted by Crippen LogP contribution is -2.29.